The molecule has 0 bridgehead atoms. The van der Waals surface area contributed by atoms with Crippen LogP contribution in [0.4, 0.5) is 5.69 Å². The van der Waals surface area contributed by atoms with Crippen LogP contribution < -0.4 is 10.6 Å². The minimum absolute atomic E-state index is 0.247. The Hall–Kier alpha value is -2.15. The summed E-state index contributed by atoms with van der Waals surface area (Å²) < 4.78 is 9.34. The zero-order valence-corrected chi connectivity index (χ0v) is 12.6. The first kappa shape index (κ1) is 15.2. The fourth-order valence-corrected chi connectivity index (χ4v) is 2.04. The maximum absolute atomic E-state index is 11.7. The molecule has 0 aromatic heterocycles. The van der Waals surface area contributed by atoms with Gasteiger partial charge in [0.1, 0.15) is 0 Å². The molecule has 21 heavy (non-hydrogen) atoms. The lowest BCUT2D eigenvalue weighted by molar-refractivity contribution is 0.0599. The molecule has 1 aliphatic rings. The lowest BCUT2D eigenvalue weighted by Gasteiger charge is -2.12. The number of rotatable bonds is 4. The number of methoxy groups -OCH3 is 2. The van der Waals surface area contributed by atoms with Crippen LogP contribution in [0.25, 0.3) is 0 Å². The number of hydrogen-bond acceptors (Lipinski definition) is 5. The maximum atomic E-state index is 11.7. The van der Waals surface area contributed by atoms with Gasteiger partial charge >= 0.3 is 11.9 Å². The third kappa shape index (κ3) is 4.16. The van der Waals surface area contributed by atoms with E-state index < -0.39 is 11.9 Å². The summed E-state index contributed by atoms with van der Waals surface area (Å²) in [6.07, 6.45) is 2.19. The Morgan fingerprint density at radius 1 is 1.10 bits per heavy atom. The number of hydrogen-bond donors (Lipinski definition) is 2. The van der Waals surface area contributed by atoms with Gasteiger partial charge in [0, 0.05) is 11.7 Å². The minimum Gasteiger partial charge on any atom is -0.465 e. The largest absolute Gasteiger partial charge is 0.465 e. The quantitative estimate of drug-likeness (QED) is 0.647. The first-order valence-corrected chi connectivity index (χ1v) is 6.83. The van der Waals surface area contributed by atoms with Crippen molar-refractivity contribution in [3.63, 3.8) is 0 Å². The van der Waals surface area contributed by atoms with Crippen LogP contribution in [-0.2, 0) is 9.47 Å². The van der Waals surface area contributed by atoms with Crippen molar-refractivity contribution in [2.45, 2.75) is 18.9 Å². The van der Waals surface area contributed by atoms with Crippen molar-refractivity contribution in [1.82, 2.24) is 5.32 Å². The summed E-state index contributed by atoms with van der Waals surface area (Å²) >= 11 is 5.17. The van der Waals surface area contributed by atoms with Crippen molar-refractivity contribution in [2.75, 3.05) is 19.5 Å². The molecule has 0 spiro atoms. The van der Waals surface area contributed by atoms with Crippen molar-refractivity contribution in [3.8, 4) is 0 Å². The highest BCUT2D eigenvalue weighted by molar-refractivity contribution is 7.80. The summed E-state index contributed by atoms with van der Waals surface area (Å²) in [6, 6.07) is 4.97. The van der Waals surface area contributed by atoms with Gasteiger partial charge in [-0.05, 0) is 43.3 Å². The summed E-state index contributed by atoms with van der Waals surface area (Å²) in [5.74, 6) is -1.07. The molecule has 1 aromatic rings. The van der Waals surface area contributed by atoms with Crippen LogP contribution in [0.5, 0.6) is 0 Å². The van der Waals surface area contributed by atoms with Crippen LogP contribution in [0.15, 0.2) is 18.2 Å². The number of nitrogens with one attached hydrogen (secondary N) is 2. The zero-order valence-electron chi connectivity index (χ0n) is 11.8. The Labute approximate surface area is 127 Å². The number of esters is 2. The molecule has 1 saturated carbocycles. The topological polar surface area (TPSA) is 76.7 Å². The van der Waals surface area contributed by atoms with Gasteiger partial charge in [-0.15, -0.1) is 0 Å². The normalized spacial score (nSPS) is 13.2. The molecule has 0 heterocycles. The molecule has 0 saturated heterocycles. The van der Waals surface area contributed by atoms with Gasteiger partial charge < -0.3 is 20.1 Å². The van der Waals surface area contributed by atoms with Crippen molar-refractivity contribution >= 4 is 35.0 Å². The molecule has 0 amide bonds. The summed E-state index contributed by atoms with van der Waals surface area (Å²) in [5.41, 5.74) is 1.02. The zero-order chi connectivity index (χ0) is 15.4. The van der Waals surface area contributed by atoms with Gasteiger partial charge in [0.2, 0.25) is 0 Å². The van der Waals surface area contributed by atoms with Crippen LogP contribution in [0.3, 0.4) is 0 Å². The fraction of sp³-hybridized carbons (Fsp3) is 0.357. The molecule has 1 aliphatic carbocycles. The molecular formula is C14H16N2O4S. The lowest BCUT2D eigenvalue weighted by atomic mass is 10.1. The van der Waals surface area contributed by atoms with Gasteiger partial charge in [-0.2, -0.15) is 0 Å². The molecule has 0 aliphatic heterocycles. The summed E-state index contributed by atoms with van der Waals surface area (Å²) in [5, 5.41) is 6.53. The van der Waals surface area contributed by atoms with Crippen LogP contribution in [0, 0.1) is 0 Å². The molecule has 0 radical (unpaired) electrons. The SMILES string of the molecule is COC(=O)c1cc(NC(=S)NC2CC2)cc(C(=O)OC)c1. The average molecular weight is 308 g/mol. The van der Waals surface area contributed by atoms with E-state index in [4.69, 9.17) is 12.2 Å². The van der Waals surface area contributed by atoms with Crippen molar-refractivity contribution in [1.29, 1.82) is 0 Å². The number of benzene rings is 1. The van der Waals surface area contributed by atoms with Gasteiger partial charge in [-0.3, -0.25) is 0 Å². The van der Waals surface area contributed by atoms with Crippen LogP contribution >= 0.6 is 12.2 Å². The Bertz CT molecular complexity index is 550. The molecule has 0 unspecified atom stereocenters. The average Bonchev–Trinajstić information content (AvgIpc) is 3.28. The molecule has 6 nitrogen and oxygen atoms in total. The standard InChI is InChI=1S/C14H16N2O4S/c1-19-12(17)8-5-9(13(18)20-2)7-11(6-8)16-14(21)15-10-3-4-10/h5-7,10H,3-4H2,1-2H3,(H2,15,16,21). The molecule has 112 valence electrons. The first-order valence-electron chi connectivity index (χ1n) is 6.42. The Morgan fingerprint density at radius 2 is 1.62 bits per heavy atom. The predicted octanol–water partition coefficient (Wildman–Crippen LogP) is 1.71. The van der Waals surface area contributed by atoms with E-state index >= 15 is 0 Å². The summed E-state index contributed by atoms with van der Waals surface area (Å²) in [6.45, 7) is 0. The van der Waals surface area contributed by atoms with Gasteiger partial charge in [0.05, 0.1) is 25.3 Å². The molecule has 1 fully saturated rings. The molecule has 2 rings (SSSR count). The van der Waals surface area contributed by atoms with E-state index in [2.05, 4.69) is 20.1 Å². The Kier molecular flexibility index (Phi) is 4.74. The number of anilines is 1. The monoisotopic (exact) mass is 308 g/mol. The van der Waals surface area contributed by atoms with E-state index in [9.17, 15) is 9.59 Å². The van der Waals surface area contributed by atoms with Crippen LogP contribution in [0.1, 0.15) is 33.6 Å². The molecule has 2 N–H and O–H groups in total. The Balaban J connectivity index is 2.23. The second kappa shape index (κ2) is 6.53. The third-order valence-corrected chi connectivity index (χ3v) is 3.17. The maximum Gasteiger partial charge on any atom is 0.337 e. The number of thiocarbonyl (C=S) groups is 1. The number of ether oxygens (including phenoxy) is 2. The summed E-state index contributed by atoms with van der Waals surface area (Å²) in [4.78, 5) is 23.3. The molecular weight excluding hydrogens is 292 g/mol. The van der Waals surface area contributed by atoms with Gasteiger partial charge in [0.15, 0.2) is 5.11 Å². The molecule has 7 heteroatoms. The second-order valence-electron chi connectivity index (χ2n) is 4.65. The number of carbonyl (C=O) groups excluding carboxylic acids is 2. The smallest absolute Gasteiger partial charge is 0.337 e. The van der Waals surface area contributed by atoms with Gasteiger partial charge in [0.25, 0.3) is 0 Å². The van der Waals surface area contributed by atoms with Crippen molar-refractivity contribution in [2.24, 2.45) is 0 Å². The minimum atomic E-state index is -0.537. The van der Waals surface area contributed by atoms with E-state index in [1.165, 1.54) is 20.3 Å². The van der Waals surface area contributed by atoms with E-state index in [1.54, 1.807) is 12.1 Å². The van der Waals surface area contributed by atoms with E-state index in [1.807, 2.05) is 0 Å². The first-order chi connectivity index (χ1) is 10.0. The van der Waals surface area contributed by atoms with Gasteiger partial charge in [-0.1, -0.05) is 0 Å². The highest BCUT2D eigenvalue weighted by atomic mass is 32.1. The Morgan fingerprint density at radius 3 is 2.05 bits per heavy atom. The number of carbonyl (C=O) groups is 2. The molecule has 1 aromatic carbocycles. The van der Waals surface area contributed by atoms with Gasteiger partial charge in [-0.25, -0.2) is 9.59 Å². The summed E-state index contributed by atoms with van der Waals surface area (Å²) in [7, 11) is 2.55. The third-order valence-electron chi connectivity index (χ3n) is 2.95. The van der Waals surface area contributed by atoms with Crippen LogP contribution in [0.2, 0.25) is 0 Å². The highest BCUT2D eigenvalue weighted by Gasteiger charge is 2.22. The second-order valence-corrected chi connectivity index (χ2v) is 5.06. The lowest BCUT2D eigenvalue weighted by Crippen LogP contribution is -2.30. The highest BCUT2D eigenvalue weighted by Crippen LogP contribution is 2.20. The van der Waals surface area contributed by atoms with Crippen molar-refractivity contribution < 1.29 is 19.1 Å². The van der Waals surface area contributed by atoms with E-state index in [0.29, 0.717) is 16.8 Å². The predicted molar refractivity (Wildman–Crippen MR) is 81.5 cm³/mol. The van der Waals surface area contributed by atoms with Crippen molar-refractivity contribution in [3.05, 3.63) is 29.3 Å². The fourth-order valence-electron chi connectivity index (χ4n) is 1.75. The van der Waals surface area contributed by atoms with E-state index in [0.717, 1.165) is 12.8 Å². The molecule has 0 atom stereocenters. The van der Waals surface area contributed by atoms with Crippen LogP contribution in [-0.4, -0.2) is 37.3 Å². The van der Waals surface area contributed by atoms with E-state index in [-0.39, 0.29) is 11.1 Å².